The number of nitrogens with one attached hydrogen (secondary N) is 2. The van der Waals surface area contributed by atoms with Crippen molar-refractivity contribution in [1.29, 1.82) is 0 Å². The van der Waals surface area contributed by atoms with Crippen molar-refractivity contribution in [2.75, 3.05) is 17.3 Å². The van der Waals surface area contributed by atoms with Gasteiger partial charge in [0.2, 0.25) is 5.95 Å². The van der Waals surface area contributed by atoms with Crippen LogP contribution in [0.15, 0.2) is 6.07 Å². The third-order valence-corrected chi connectivity index (χ3v) is 3.15. The molecule has 9 heteroatoms. The zero-order chi connectivity index (χ0) is 14.1. The van der Waals surface area contributed by atoms with Crippen LogP contribution in [0, 0.1) is 0 Å². The van der Waals surface area contributed by atoms with E-state index in [1.54, 1.807) is 0 Å². The number of rotatable bonds is 4. The first-order chi connectivity index (χ1) is 8.88. The first kappa shape index (κ1) is 13.8. The first-order valence-electron chi connectivity index (χ1n) is 5.70. The van der Waals surface area contributed by atoms with Crippen LogP contribution in [0.3, 0.4) is 0 Å². The number of alkyl halides is 3. The molecule has 106 valence electrons. The molecule has 1 fully saturated rings. The van der Waals surface area contributed by atoms with Gasteiger partial charge in [0.1, 0.15) is 5.82 Å². The molecule has 6 nitrogen and oxygen atoms in total. The van der Waals surface area contributed by atoms with Crippen LogP contribution in [0.5, 0.6) is 0 Å². The van der Waals surface area contributed by atoms with Crippen molar-refractivity contribution in [3.63, 3.8) is 0 Å². The summed E-state index contributed by atoms with van der Waals surface area (Å²) in [6, 6.07) is 0.802. The number of aromatic nitrogens is 2. The Bertz CT molecular complexity index is 455. The number of halogens is 3. The van der Waals surface area contributed by atoms with Gasteiger partial charge in [0.15, 0.2) is 5.69 Å². The van der Waals surface area contributed by atoms with Crippen LogP contribution in [0.4, 0.5) is 24.9 Å². The van der Waals surface area contributed by atoms with Crippen LogP contribution in [-0.2, 0) is 6.18 Å². The summed E-state index contributed by atoms with van der Waals surface area (Å²) in [7, 11) is 0. The second kappa shape index (κ2) is 4.82. The maximum atomic E-state index is 12.7. The zero-order valence-electron chi connectivity index (χ0n) is 9.96. The number of hydrogen-bond acceptors (Lipinski definition) is 6. The summed E-state index contributed by atoms with van der Waals surface area (Å²) in [5.74, 6) is 4.72. The molecule has 0 unspecified atom stereocenters. The molecule has 0 saturated heterocycles. The van der Waals surface area contributed by atoms with Crippen LogP contribution in [0.1, 0.15) is 25.0 Å². The molecule has 0 radical (unpaired) electrons. The highest BCUT2D eigenvalue weighted by molar-refractivity contribution is 5.45. The Hall–Kier alpha value is -1.61. The number of hydrazine groups is 1. The average molecular weight is 277 g/mol. The highest BCUT2D eigenvalue weighted by Gasteiger charge is 2.38. The smallest absolute Gasteiger partial charge is 0.394 e. The van der Waals surface area contributed by atoms with Crippen molar-refractivity contribution in [3.05, 3.63) is 11.8 Å². The van der Waals surface area contributed by atoms with E-state index in [0.29, 0.717) is 12.8 Å². The van der Waals surface area contributed by atoms with E-state index in [4.69, 9.17) is 5.84 Å². The van der Waals surface area contributed by atoms with Gasteiger partial charge in [0.25, 0.3) is 0 Å². The second-order valence-corrected chi connectivity index (χ2v) is 4.52. The van der Waals surface area contributed by atoms with Gasteiger partial charge in [-0.3, -0.25) is 5.43 Å². The van der Waals surface area contributed by atoms with Gasteiger partial charge in [0, 0.05) is 6.07 Å². The van der Waals surface area contributed by atoms with E-state index in [-0.39, 0.29) is 18.4 Å². The summed E-state index contributed by atoms with van der Waals surface area (Å²) >= 11 is 0. The van der Waals surface area contributed by atoms with E-state index in [2.05, 4.69) is 15.3 Å². The van der Waals surface area contributed by atoms with Crippen LogP contribution in [0.25, 0.3) is 0 Å². The van der Waals surface area contributed by atoms with Gasteiger partial charge in [-0.1, -0.05) is 0 Å². The van der Waals surface area contributed by atoms with Crippen molar-refractivity contribution >= 4 is 11.8 Å². The van der Waals surface area contributed by atoms with E-state index in [9.17, 15) is 18.3 Å². The fraction of sp³-hybridized carbons (Fsp3) is 0.600. The molecule has 2 rings (SSSR count). The van der Waals surface area contributed by atoms with Crippen LogP contribution in [-0.4, -0.2) is 27.2 Å². The number of nitrogens with two attached hydrogens (primary N) is 1. The molecule has 1 saturated carbocycles. The molecule has 1 aliphatic carbocycles. The summed E-state index contributed by atoms with van der Waals surface area (Å²) in [4.78, 5) is 7.06. The Morgan fingerprint density at radius 2 is 2.05 bits per heavy atom. The number of hydrogen-bond donors (Lipinski definition) is 4. The third-order valence-electron chi connectivity index (χ3n) is 3.15. The van der Waals surface area contributed by atoms with Crippen molar-refractivity contribution in [1.82, 2.24) is 9.97 Å². The Morgan fingerprint density at radius 1 is 1.37 bits per heavy atom. The minimum atomic E-state index is -4.59. The lowest BCUT2D eigenvalue weighted by Crippen LogP contribution is -2.48. The predicted octanol–water partition coefficient (Wildman–Crippen LogP) is 1.11. The van der Waals surface area contributed by atoms with Gasteiger partial charge in [-0.05, 0) is 19.3 Å². The maximum absolute atomic E-state index is 12.7. The van der Waals surface area contributed by atoms with Crippen molar-refractivity contribution in [2.24, 2.45) is 5.84 Å². The molecular weight excluding hydrogens is 263 g/mol. The number of anilines is 2. The Balaban J connectivity index is 2.29. The maximum Gasteiger partial charge on any atom is 0.433 e. The molecule has 0 aromatic carbocycles. The average Bonchev–Trinajstić information content (AvgIpc) is 2.32. The monoisotopic (exact) mass is 277 g/mol. The van der Waals surface area contributed by atoms with Gasteiger partial charge < -0.3 is 10.4 Å². The van der Waals surface area contributed by atoms with Crippen molar-refractivity contribution < 1.29 is 18.3 Å². The molecule has 19 heavy (non-hydrogen) atoms. The van der Waals surface area contributed by atoms with Gasteiger partial charge in [0.05, 0.1) is 12.1 Å². The lowest BCUT2D eigenvalue weighted by atomic mass is 9.77. The van der Waals surface area contributed by atoms with Gasteiger partial charge >= 0.3 is 6.18 Å². The van der Waals surface area contributed by atoms with E-state index >= 15 is 0 Å². The first-order valence-corrected chi connectivity index (χ1v) is 5.70. The summed E-state index contributed by atoms with van der Waals surface area (Å²) in [6.07, 6.45) is -2.32. The lowest BCUT2D eigenvalue weighted by molar-refractivity contribution is -0.141. The molecule has 1 aromatic heterocycles. The number of nitrogen functional groups attached to an aromatic ring is 1. The fourth-order valence-electron chi connectivity index (χ4n) is 1.92. The molecule has 0 spiro atoms. The molecule has 1 aromatic rings. The summed E-state index contributed by atoms with van der Waals surface area (Å²) in [5, 5.41) is 12.1. The van der Waals surface area contributed by atoms with Gasteiger partial charge in [-0.15, -0.1) is 0 Å². The molecule has 0 aliphatic heterocycles. The molecule has 0 atom stereocenters. The van der Waals surface area contributed by atoms with Gasteiger partial charge in [-0.25, -0.2) is 10.8 Å². The number of aliphatic hydroxyl groups is 1. The SMILES string of the molecule is NNc1nc(NC2(CO)CCC2)cc(C(F)(F)F)n1. The van der Waals surface area contributed by atoms with Crippen LogP contribution >= 0.6 is 0 Å². The fourth-order valence-corrected chi connectivity index (χ4v) is 1.92. The summed E-state index contributed by atoms with van der Waals surface area (Å²) in [5.41, 5.74) is 0.309. The number of nitrogens with zero attached hydrogens (tertiary/aromatic N) is 2. The molecule has 1 aliphatic rings. The van der Waals surface area contributed by atoms with Crippen molar-refractivity contribution in [3.8, 4) is 0 Å². The molecular formula is C10H14F3N5O. The summed E-state index contributed by atoms with van der Waals surface area (Å²) < 4.78 is 38.0. The lowest BCUT2D eigenvalue weighted by Gasteiger charge is -2.41. The Morgan fingerprint density at radius 3 is 2.47 bits per heavy atom. The van der Waals surface area contributed by atoms with E-state index in [1.807, 2.05) is 5.43 Å². The minimum Gasteiger partial charge on any atom is -0.394 e. The molecule has 0 bridgehead atoms. The third kappa shape index (κ3) is 2.87. The predicted molar refractivity (Wildman–Crippen MR) is 62.1 cm³/mol. The van der Waals surface area contributed by atoms with E-state index < -0.39 is 17.4 Å². The van der Waals surface area contributed by atoms with Crippen LogP contribution in [0.2, 0.25) is 0 Å². The standard InChI is InChI=1S/C10H14F3N5O/c11-10(12,13)6-4-7(16-8(15-6)18-14)17-9(5-19)2-1-3-9/h4,19H,1-3,5,14H2,(H2,15,16,17,18). The molecule has 0 amide bonds. The minimum absolute atomic E-state index is 0.0102. The second-order valence-electron chi connectivity index (χ2n) is 4.52. The van der Waals surface area contributed by atoms with Gasteiger partial charge in [-0.2, -0.15) is 18.2 Å². The topological polar surface area (TPSA) is 96.1 Å². The van der Waals surface area contributed by atoms with E-state index in [0.717, 1.165) is 12.5 Å². The normalized spacial score (nSPS) is 17.7. The number of aliphatic hydroxyl groups excluding tert-OH is 1. The quantitative estimate of drug-likeness (QED) is 0.486. The highest BCUT2D eigenvalue weighted by atomic mass is 19.4. The zero-order valence-corrected chi connectivity index (χ0v) is 9.96. The molecule has 5 N–H and O–H groups in total. The largest absolute Gasteiger partial charge is 0.433 e. The van der Waals surface area contributed by atoms with Crippen LogP contribution < -0.4 is 16.6 Å². The van der Waals surface area contributed by atoms with E-state index in [1.165, 1.54) is 0 Å². The molecule has 1 heterocycles. The highest BCUT2D eigenvalue weighted by Crippen LogP contribution is 2.36. The Labute approximate surface area is 107 Å². The van der Waals surface area contributed by atoms with Crippen molar-refractivity contribution in [2.45, 2.75) is 31.0 Å². The Kier molecular flexibility index (Phi) is 3.50. The summed E-state index contributed by atoms with van der Waals surface area (Å²) in [6.45, 7) is -0.163.